The highest BCUT2D eigenvalue weighted by Crippen LogP contribution is 2.27. The van der Waals surface area contributed by atoms with Gasteiger partial charge in [0.2, 0.25) is 0 Å². The number of amides is 4. The summed E-state index contributed by atoms with van der Waals surface area (Å²) in [6, 6.07) is 3.53. The number of aromatic hydroxyl groups is 1. The van der Waals surface area contributed by atoms with Crippen LogP contribution in [0.3, 0.4) is 0 Å². The van der Waals surface area contributed by atoms with Gasteiger partial charge in [0.05, 0.1) is 7.11 Å². The Morgan fingerprint density at radius 3 is 2.32 bits per heavy atom. The minimum Gasteiger partial charge on any atom is -0.504 e. The Bertz CT molecular complexity index is 584. The number of hydrogen-bond acceptors (Lipinski definition) is 5. The zero-order valence-corrected chi connectivity index (χ0v) is 9.89. The average molecular weight is 262 g/mol. The van der Waals surface area contributed by atoms with Gasteiger partial charge in [-0.25, -0.2) is 4.79 Å². The van der Waals surface area contributed by atoms with E-state index in [1.807, 2.05) is 10.6 Å². The molecule has 1 fully saturated rings. The van der Waals surface area contributed by atoms with Crippen molar-refractivity contribution in [3.8, 4) is 11.5 Å². The van der Waals surface area contributed by atoms with E-state index < -0.39 is 17.8 Å². The van der Waals surface area contributed by atoms with Crippen molar-refractivity contribution in [3.05, 3.63) is 29.3 Å². The number of carbonyl (C=O) groups excluding carboxylic acids is 3. The van der Waals surface area contributed by atoms with E-state index >= 15 is 0 Å². The van der Waals surface area contributed by atoms with Gasteiger partial charge in [-0.1, -0.05) is 6.07 Å². The van der Waals surface area contributed by atoms with E-state index in [-0.39, 0.29) is 17.1 Å². The minimum absolute atomic E-state index is 0.121. The maximum atomic E-state index is 11.5. The number of barbiturate groups is 1. The maximum Gasteiger partial charge on any atom is 0.328 e. The summed E-state index contributed by atoms with van der Waals surface area (Å²) in [6.07, 6.45) is 1.26. The quantitative estimate of drug-likeness (QED) is 0.520. The van der Waals surface area contributed by atoms with E-state index in [0.717, 1.165) is 0 Å². The molecule has 1 aromatic rings. The summed E-state index contributed by atoms with van der Waals surface area (Å²) in [6.45, 7) is 0. The molecule has 19 heavy (non-hydrogen) atoms. The van der Waals surface area contributed by atoms with Gasteiger partial charge < -0.3 is 9.84 Å². The normalized spacial score (nSPS) is 14.8. The number of benzene rings is 1. The van der Waals surface area contributed by atoms with Crippen LogP contribution in [0.25, 0.3) is 6.08 Å². The highest BCUT2D eigenvalue weighted by atomic mass is 16.5. The monoisotopic (exact) mass is 262 g/mol. The molecule has 0 aliphatic carbocycles. The first-order chi connectivity index (χ1) is 9.01. The maximum absolute atomic E-state index is 11.5. The Morgan fingerprint density at radius 2 is 1.79 bits per heavy atom. The van der Waals surface area contributed by atoms with Crippen molar-refractivity contribution >= 4 is 23.9 Å². The molecule has 0 aromatic heterocycles. The number of phenols is 1. The highest BCUT2D eigenvalue weighted by molar-refractivity contribution is 6.31. The molecule has 0 saturated carbocycles. The lowest BCUT2D eigenvalue weighted by molar-refractivity contribution is -0.123. The van der Waals surface area contributed by atoms with Crippen LogP contribution in [0.15, 0.2) is 23.8 Å². The summed E-state index contributed by atoms with van der Waals surface area (Å²) in [5, 5.41) is 13.5. The molecule has 7 nitrogen and oxygen atoms in total. The Balaban J connectivity index is 2.35. The lowest BCUT2D eigenvalue weighted by atomic mass is 10.1. The van der Waals surface area contributed by atoms with E-state index in [1.165, 1.54) is 25.3 Å². The number of carbonyl (C=O) groups is 3. The van der Waals surface area contributed by atoms with Crippen molar-refractivity contribution in [2.75, 3.05) is 7.11 Å². The van der Waals surface area contributed by atoms with Crippen LogP contribution in [-0.2, 0) is 9.59 Å². The molecule has 98 valence electrons. The first-order valence-electron chi connectivity index (χ1n) is 5.26. The number of imide groups is 2. The van der Waals surface area contributed by atoms with Crippen molar-refractivity contribution in [1.82, 2.24) is 10.6 Å². The van der Waals surface area contributed by atoms with E-state index in [1.54, 1.807) is 6.07 Å². The van der Waals surface area contributed by atoms with Crippen LogP contribution in [0.5, 0.6) is 11.5 Å². The Kier molecular flexibility index (Phi) is 3.19. The van der Waals surface area contributed by atoms with Crippen molar-refractivity contribution in [1.29, 1.82) is 0 Å². The third-order valence-electron chi connectivity index (χ3n) is 2.46. The molecule has 7 heteroatoms. The molecular weight excluding hydrogens is 252 g/mol. The van der Waals surface area contributed by atoms with Gasteiger partial charge in [-0.2, -0.15) is 0 Å². The highest BCUT2D eigenvalue weighted by Gasteiger charge is 2.27. The van der Waals surface area contributed by atoms with E-state index in [0.29, 0.717) is 5.56 Å². The van der Waals surface area contributed by atoms with Gasteiger partial charge in [-0.3, -0.25) is 20.2 Å². The summed E-state index contributed by atoms with van der Waals surface area (Å²) in [5.74, 6) is -1.42. The second-order valence-electron chi connectivity index (χ2n) is 3.73. The van der Waals surface area contributed by atoms with Gasteiger partial charge in [0.25, 0.3) is 11.8 Å². The number of nitrogens with one attached hydrogen (secondary N) is 2. The van der Waals surface area contributed by atoms with Crippen LogP contribution >= 0.6 is 0 Å². The summed E-state index contributed by atoms with van der Waals surface area (Å²) in [4.78, 5) is 33.8. The fourth-order valence-corrected chi connectivity index (χ4v) is 1.57. The van der Waals surface area contributed by atoms with E-state index in [2.05, 4.69) is 0 Å². The number of ether oxygens (including phenoxy) is 1. The Labute approximate surface area is 107 Å². The summed E-state index contributed by atoms with van der Waals surface area (Å²) in [7, 11) is 1.40. The average Bonchev–Trinajstić information content (AvgIpc) is 2.34. The summed E-state index contributed by atoms with van der Waals surface area (Å²) < 4.78 is 4.87. The number of rotatable bonds is 2. The second kappa shape index (κ2) is 4.81. The van der Waals surface area contributed by atoms with Crippen LogP contribution in [0, 0.1) is 0 Å². The molecule has 1 aliphatic heterocycles. The molecule has 4 amide bonds. The standard InChI is InChI=1S/C12H10N2O5/c1-19-9-3-2-6(5-8(9)15)4-7-10(16)13-12(18)14-11(7)17/h2-5,15H,1H3,(H2,13,14,16,17,18). The first kappa shape index (κ1) is 12.6. The number of methoxy groups -OCH3 is 1. The largest absolute Gasteiger partial charge is 0.504 e. The Hall–Kier alpha value is -2.83. The minimum atomic E-state index is -0.857. The van der Waals surface area contributed by atoms with Gasteiger partial charge >= 0.3 is 6.03 Å². The molecule has 0 bridgehead atoms. The number of phenolic OH excluding ortho intramolecular Hbond substituents is 1. The zero-order valence-electron chi connectivity index (χ0n) is 9.89. The molecule has 1 saturated heterocycles. The molecular formula is C12H10N2O5. The molecule has 1 aliphatic rings. The lowest BCUT2D eigenvalue weighted by Crippen LogP contribution is -2.51. The zero-order chi connectivity index (χ0) is 14.0. The van der Waals surface area contributed by atoms with E-state index in [4.69, 9.17) is 4.74 Å². The van der Waals surface area contributed by atoms with Gasteiger partial charge in [0.1, 0.15) is 5.57 Å². The molecule has 1 aromatic carbocycles. The van der Waals surface area contributed by atoms with Crippen LogP contribution in [0.2, 0.25) is 0 Å². The molecule has 1 heterocycles. The van der Waals surface area contributed by atoms with Crippen molar-refractivity contribution < 1.29 is 24.2 Å². The van der Waals surface area contributed by atoms with Crippen molar-refractivity contribution in [2.24, 2.45) is 0 Å². The van der Waals surface area contributed by atoms with Crippen LogP contribution < -0.4 is 15.4 Å². The van der Waals surface area contributed by atoms with Gasteiger partial charge in [0, 0.05) is 0 Å². The fourth-order valence-electron chi connectivity index (χ4n) is 1.57. The topological polar surface area (TPSA) is 105 Å². The van der Waals surface area contributed by atoms with Crippen molar-refractivity contribution in [2.45, 2.75) is 0 Å². The number of hydrogen-bond donors (Lipinski definition) is 3. The van der Waals surface area contributed by atoms with Gasteiger partial charge in [0.15, 0.2) is 11.5 Å². The van der Waals surface area contributed by atoms with Crippen LogP contribution in [-0.4, -0.2) is 30.1 Å². The summed E-state index contributed by atoms with van der Waals surface area (Å²) in [5.41, 5.74) is 0.206. The predicted molar refractivity (Wildman–Crippen MR) is 64.3 cm³/mol. The molecule has 0 radical (unpaired) electrons. The van der Waals surface area contributed by atoms with Crippen LogP contribution in [0.1, 0.15) is 5.56 Å². The molecule has 0 atom stereocenters. The summed E-state index contributed by atoms with van der Waals surface area (Å²) >= 11 is 0. The SMILES string of the molecule is COc1ccc(C=C2C(=O)NC(=O)NC2=O)cc1O. The molecule has 0 spiro atoms. The first-order valence-corrected chi connectivity index (χ1v) is 5.26. The lowest BCUT2D eigenvalue weighted by Gasteiger charge is -2.14. The molecule has 0 unspecified atom stereocenters. The van der Waals surface area contributed by atoms with Crippen molar-refractivity contribution in [3.63, 3.8) is 0 Å². The third kappa shape index (κ3) is 2.54. The molecule has 3 N–H and O–H groups in total. The third-order valence-corrected chi connectivity index (χ3v) is 2.46. The number of urea groups is 1. The smallest absolute Gasteiger partial charge is 0.328 e. The molecule has 2 rings (SSSR count). The van der Waals surface area contributed by atoms with E-state index in [9.17, 15) is 19.5 Å². The van der Waals surface area contributed by atoms with Gasteiger partial charge in [-0.05, 0) is 23.8 Å². The van der Waals surface area contributed by atoms with Crippen LogP contribution in [0.4, 0.5) is 4.79 Å². The second-order valence-corrected chi connectivity index (χ2v) is 3.73. The Morgan fingerprint density at radius 1 is 1.16 bits per heavy atom. The fraction of sp³-hybridized carbons (Fsp3) is 0.0833. The van der Waals surface area contributed by atoms with Gasteiger partial charge in [-0.15, -0.1) is 0 Å². The predicted octanol–water partition coefficient (Wildman–Crippen LogP) is 0.150.